The van der Waals surface area contributed by atoms with E-state index < -0.39 is 0 Å². The Kier molecular flexibility index (Phi) is 2.29. The third-order valence-electron chi connectivity index (χ3n) is 1.78. The molecule has 0 saturated heterocycles. The lowest BCUT2D eigenvalue weighted by molar-refractivity contribution is -0.0113. The van der Waals surface area contributed by atoms with E-state index in [9.17, 15) is 0 Å². The lowest BCUT2D eigenvalue weighted by Gasteiger charge is -2.31. The zero-order valence-corrected chi connectivity index (χ0v) is 5.97. The highest BCUT2D eigenvalue weighted by Gasteiger charge is 2.25. The number of hydrogen-bond acceptors (Lipinski definition) is 1. The van der Waals surface area contributed by atoms with E-state index in [1.807, 2.05) is 6.08 Å². The first-order valence-corrected chi connectivity index (χ1v) is 3.55. The van der Waals surface area contributed by atoms with Crippen molar-refractivity contribution in [2.24, 2.45) is 5.92 Å². The maximum atomic E-state index is 5.38. The molecule has 0 aliphatic heterocycles. The van der Waals surface area contributed by atoms with Gasteiger partial charge in [0, 0.05) is 0 Å². The molecule has 0 aromatic rings. The molecule has 0 heterocycles. The van der Waals surface area contributed by atoms with Crippen molar-refractivity contribution in [2.45, 2.75) is 25.9 Å². The van der Waals surface area contributed by atoms with Crippen LogP contribution in [0, 0.1) is 5.92 Å². The van der Waals surface area contributed by atoms with E-state index in [1.54, 1.807) is 0 Å². The van der Waals surface area contributed by atoms with Crippen LogP contribution in [0.5, 0.6) is 0 Å². The van der Waals surface area contributed by atoms with Gasteiger partial charge in [-0.25, -0.2) is 0 Å². The normalized spacial score (nSPS) is 33.4. The van der Waals surface area contributed by atoms with E-state index >= 15 is 0 Å². The Labute approximate surface area is 56.7 Å². The maximum absolute atomic E-state index is 5.38. The van der Waals surface area contributed by atoms with Crippen LogP contribution < -0.4 is 0 Å². The minimum absolute atomic E-state index is 0.540. The quantitative estimate of drug-likeness (QED) is 0.525. The Morgan fingerprint density at radius 1 is 1.67 bits per heavy atom. The molecule has 52 valence electrons. The molecule has 0 bridgehead atoms. The van der Waals surface area contributed by atoms with Crippen molar-refractivity contribution in [1.82, 2.24) is 0 Å². The summed E-state index contributed by atoms with van der Waals surface area (Å²) in [5.74, 6) is 0.889. The Balaban J connectivity index is 1.97. The highest BCUT2D eigenvalue weighted by Crippen LogP contribution is 2.28. The zero-order chi connectivity index (χ0) is 6.69. The van der Waals surface area contributed by atoms with Crippen LogP contribution in [0.2, 0.25) is 0 Å². The highest BCUT2D eigenvalue weighted by molar-refractivity contribution is 4.78. The molecule has 0 aromatic carbocycles. The third-order valence-corrected chi connectivity index (χ3v) is 1.78. The van der Waals surface area contributed by atoms with E-state index in [2.05, 4.69) is 13.5 Å². The van der Waals surface area contributed by atoms with Crippen LogP contribution in [-0.4, -0.2) is 12.7 Å². The molecule has 9 heavy (non-hydrogen) atoms. The van der Waals surface area contributed by atoms with Crippen molar-refractivity contribution in [1.29, 1.82) is 0 Å². The van der Waals surface area contributed by atoms with Gasteiger partial charge in [-0.15, -0.1) is 6.58 Å². The van der Waals surface area contributed by atoms with Gasteiger partial charge in [0.1, 0.15) is 0 Å². The van der Waals surface area contributed by atoms with Crippen molar-refractivity contribution in [3.05, 3.63) is 12.7 Å². The molecule has 0 amide bonds. The molecule has 1 aliphatic carbocycles. The molecule has 0 N–H and O–H groups in total. The van der Waals surface area contributed by atoms with Crippen LogP contribution >= 0.6 is 0 Å². The summed E-state index contributed by atoms with van der Waals surface area (Å²) >= 11 is 0. The summed E-state index contributed by atoms with van der Waals surface area (Å²) in [6.45, 7) is 6.56. The van der Waals surface area contributed by atoms with Gasteiger partial charge >= 0.3 is 0 Å². The van der Waals surface area contributed by atoms with Gasteiger partial charge in [-0.3, -0.25) is 0 Å². The number of ether oxygens (including phenoxy) is 1. The monoisotopic (exact) mass is 126 g/mol. The standard InChI is InChI=1S/C8H14O/c1-3-4-9-8-5-7(2)6-8/h3,7-8H,1,4-6H2,2H3. The first kappa shape index (κ1) is 6.81. The van der Waals surface area contributed by atoms with E-state index in [-0.39, 0.29) is 0 Å². The lowest BCUT2D eigenvalue weighted by Crippen LogP contribution is -2.29. The van der Waals surface area contributed by atoms with E-state index in [1.165, 1.54) is 12.8 Å². The molecule has 1 saturated carbocycles. The van der Waals surface area contributed by atoms with Crippen molar-refractivity contribution < 1.29 is 4.74 Å². The smallest absolute Gasteiger partial charge is 0.0648 e. The average Bonchev–Trinajstić information content (AvgIpc) is 1.78. The fourth-order valence-corrected chi connectivity index (χ4v) is 1.17. The van der Waals surface area contributed by atoms with Gasteiger partial charge in [0.15, 0.2) is 0 Å². The van der Waals surface area contributed by atoms with E-state index in [0.29, 0.717) is 6.10 Å². The predicted molar refractivity (Wildman–Crippen MR) is 38.3 cm³/mol. The van der Waals surface area contributed by atoms with Gasteiger partial charge in [-0.1, -0.05) is 13.0 Å². The molecule has 0 aromatic heterocycles. The molecule has 1 rings (SSSR count). The first-order chi connectivity index (χ1) is 4.33. The zero-order valence-electron chi connectivity index (χ0n) is 5.97. The minimum Gasteiger partial charge on any atom is -0.374 e. The van der Waals surface area contributed by atoms with Gasteiger partial charge in [0.05, 0.1) is 12.7 Å². The first-order valence-electron chi connectivity index (χ1n) is 3.55. The van der Waals surface area contributed by atoms with Crippen molar-refractivity contribution in [3.8, 4) is 0 Å². The van der Waals surface area contributed by atoms with Crippen molar-refractivity contribution >= 4 is 0 Å². The van der Waals surface area contributed by atoms with E-state index in [4.69, 9.17) is 4.74 Å². The van der Waals surface area contributed by atoms with E-state index in [0.717, 1.165) is 12.5 Å². The third kappa shape index (κ3) is 1.83. The van der Waals surface area contributed by atoms with Gasteiger partial charge in [-0.05, 0) is 18.8 Å². The van der Waals surface area contributed by atoms with Crippen molar-refractivity contribution in [3.63, 3.8) is 0 Å². The second-order valence-corrected chi connectivity index (χ2v) is 2.82. The van der Waals surface area contributed by atoms with Crippen molar-refractivity contribution in [2.75, 3.05) is 6.61 Å². The molecule has 1 nitrogen and oxygen atoms in total. The van der Waals surface area contributed by atoms with Gasteiger partial charge < -0.3 is 4.74 Å². The van der Waals surface area contributed by atoms with Crippen LogP contribution in [0.3, 0.4) is 0 Å². The minimum atomic E-state index is 0.540. The molecular weight excluding hydrogens is 112 g/mol. The summed E-state index contributed by atoms with van der Waals surface area (Å²) in [4.78, 5) is 0. The topological polar surface area (TPSA) is 9.23 Å². The Morgan fingerprint density at radius 2 is 2.33 bits per heavy atom. The summed E-state index contributed by atoms with van der Waals surface area (Å²) < 4.78 is 5.38. The van der Waals surface area contributed by atoms with Crippen LogP contribution in [-0.2, 0) is 4.74 Å². The molecule has 1 heteroatoms. The molecule has 1 fully saturated rings. The molecule has 0 atom stereocenters. The molecule has 0 spiro atoms. The van der Waals surface area contributed by atoms with Crippen LogP contribution in [0.25, 0.3) is 0 Å². The Hall–Kier alpha value is -0.300. The highest BCUT2D eigenvalue weighted by atomic mass is 16.5. The summed E-state index contributed by atoms with van der Waals surface area (Å²) in [7, 11) is 0. The predicted octanol–water partition coefficient (Wildman–Crippen LogP) is 1.99. The molecule has 0 radical (unpaired) electrons. The molecule has 0 unspecified atom stereocenters. The lowest BCUT2D eigenvalue weighted by atomic mass is 9.84. The number of hydrogen-bond donors (Lipinski definition) is 0. The molecular formula is C8H14O. The van der Waals surface area contributed by atoms with Crippen LogP contribution in [0.15, 0.2) is 12.7 Å². The van der Waals surface area contributed by atoms with Crippen LogP contribution in [0.4, 0.5) is 0 Å². The summed E-state index contributed by atoms with van der Waals surface area (Å²) in [5.41, 5.74) is 0. The summed E-state index contributed by atoms with van der Waals surface area (Å²) in [6, 6.07) is 0. The van der Waals surface area contributed by atoms with Crippen LogP contribution in [0.1, 0.15) is 19.8 Å². The second kappa shape index (κ2) is 3.02. The van der Waals surface area contributed by atoms with Gasteiger partial charge in [0.2, 0.25) is 0 Å². The van der Waals surface area contributed by atoms with Gasteiger partial charge in [-0.2, -0.15) is 0 Å². The SMILES string of the molecule is C=CCOC1CC(C)C1. The summed E-state index contributed by atoms with van der Waals surface area (Å²) in [5, 5.41) is 0. The molecule has 1 aliphatic rings. The largest absolute Gasteiger partial charge is 0.374 e. The fourth-order valence-electron chi connectivity index (χ4n) is 1.17. The average molecular weight is 126 g/mol. The Morgan fingerprint density at radius 3 is 2.78 bits per heavy atom. The fraction of sp³-hybridized carbons (Fsp3) is 0.750. The second-order valence-electron chi connectivity index (χ2n) is 2.82. The summed E-state index contributed by atoms with van der Waals surface area (Å²) in [6.07, 6.45) is 4.84. The van der Waals surface area contributed by atoms with Gasteiger partial charge in [0.25, 0.3) is 0 Å². The number of rotatable bonds is 3. The maximum Gasteiger partial charge on any atom is 0.0648 e. The Bertz CT molecular complexity index is 92.7.